The number of methoxy groups -OCH3 is 1. The summed E-state index contributed by atoms with van der Waals surface area (Å²) in [6.07, 6.45) is 1.70. The molecule has 4 nitrogen and oxygen atoms in total. The molecule has 106 valence electrons. The summed E-state index contributed by atoms with van der Waals surface area (Å²) >= 11 is 0. The normalized spacial score (nSPS) is 13.8. The van der Waals surface area contributed by atoms with Crippen LogP contribution in [0.4, 0.5) is 0 Å². The molecule has 1 unspecified atom stereocenters. The van der Waals surface area contributed by atoms with Gasteiger partial charge in [-0.3, -0.25) is 0 Å². The van der Waals surface area contributed by atoms with E-state index in [4.69, 9.17) is 4.74 Å². The molecule has 1 atom stereocenters. The van der Waals surface area contributed by atoms with E-state index in [1.54, 1.807) is 20.2 Å². The first-order chi connectivity index (χ1) is 9.63. The van der Waals surface area contributed by atoms with Crippen LogP contribution in [0.5, 0.6) is 5.88 Å². The lowest BCUT2D eigenvalue weighted by atomic mass is 9.96. The van der Waals surface area contributed by atoms with Crippen molar-refractivity contribution < 1.29 is 9.84 Å². The zero-order valence-electron chi connectivity index (χ0n) is 11.8. The van der Waals surface area contributed by atoms with Gasteiger partial charge in [0.2, 0.25) is 5.88 Å². The first kappa shape index (κ1) is 14.5. The van der Waals surface area contributed by atoms with Crippen LogP contribution in [0.2, 0.25) is 0 Å². The Balaban J connectivity index is 1.96. The summed E-state index contributed by atoms with van der Waals surface area (Å²) in [4.78, 5) is 4.15. The third-order valence-corrected chi connectivity index (χ3v) is 3.22. The molecule has 0 radical (unpaired) electrons. The summed E-state index contributed by atoms with van der Waals surface area (Å²) in [7, 11) is 1.60. The van der Waals surface area contributed by atoms with Crippen molar-refractivity contribution in [2.75, 3.05) is 13.7 Å². The van der Waals surface area contributed by atoms with Crippen molar-refractivity contribution in [1.29, 1.82) is 0 Å². The highest BCUT2D eigenvalue weighted by molar-refractivity contribution is 5.25. The van der Waals surface area contributed by atoms with Crippen molar-refractivity contribution in [2.24, 2.45) is 0 Å². The van der Waals surface area contributed by atoms with Crippen LogP contribution in [0, 0.1) is 0 Å². The van der Waals surface area contributed by atoms with Crippen molar-refractivity contribution in [1.82, 2.24) is 10.3 Å². The fraction of sp³-hybridized carbons (Fsp3) is 0.312. The van der Waals surface area contributed by atoms with Crippen LogP contribution in [0.3, 0.4) is 0 Å². The van der Waals surface area contributed by atoms with Crippen molar-refractivity contribution in [3.8, 4) is 5.88 Å². The molecule has 1 aromatic heterocycles. The van der Waals surface area contributed by atoms with Gasteiger partial charge >= 0.3 is 0 Å². The molecular formula is C16H20N2O2. The van der Waals surface area contributed by atoms with Gasteiger partial charge in [0.15, 0.2) is 0 Å². The number of benzene rings is 1. The fourth-order valence-corrected chi connectivity index (χ4v) is 2.08. The van der Waals surface area contributed by atoms with Gasteiger partial charge in [0.25, 0.3) is 0 Å². The van der Waals surface area contributed by atoms with Gasteiger partial charge in [-0.25, -0.2) is 4.98 Å². The maximum absolute atomic E-state index is 10.5. The molecule has 2 rings (SSSR count). The Hall–Kier alpha value is -1.91. The van der Waals surface area contributed by atoms with Crippen LogP contribution in [0.1, 0.15) is 18.1 Å². The van der Waals surface area contributed by atoms with Gasteiger partial charge in [-0.1, -0.05) is 36.4 Å². The van der Waals surface area contributed by atoms with Crippen molar-refractivity contribution in [2.45, 2.75) is 19.1 Å². The number of aromatic nitrogens is 1. The molecule has 0 spiro atoms. The standard InChI is InChI=1S/C16H20N2O2/c1-16(19,14-8-4-3-5-9-14)12-17-11-13-7-6-10-18-15(13)20-2/h3-10,17,19H,11-12H2,1-2H3. The summed E-state index contributed by atoms with van der Waals surface area (Å²) < 4.78 is 5.20. The average molecular weight is 272 g/mol. The van der Waals surface area contributed by atoms with E-state index >= 15 is 0 Å². The highest BCUT2D eigenvalue weighted by Gasteiger charge is 2.22. The van der Waals surface area contributed by atoms with Crippen molar-refractivity contribution in [3.05, 3.63) is 59.8 Å². The lowest BCUT2D eigenvalue weighted by Gasteiger charge is -2.24. The highest BCUT2D eigenvalue weighted by atomic mass is 16.5. The quantitative estimate of drug-likeness (QED) is 0.845. The van der Waals surface area contributed by atoms with Gasteiger partial charge < -0.3 is 15.2 Å². The molecule has 20 heavy (non-hydrogen) atoms. The molecule has 2 N–H and O–H groups in total. The van der Waals surface area contributed by atoms with Gasteiger partial charge in [-0.05, 0) is 18.6 Å². The molecule has 0 fully saturated rings. The van der Waals surface area contributed by atoms with Crippen LogP contribution >= 0.6 is 0 Å². The van der Waals surface area contributed by atoms with E-state index in [1.807, 2.05) is 42.5 Å². The van der Waals surface area contributed by atoms with E-state index in [9.17, 15) is 5.11 Å². The molecular weight excluding hydrogens is 252 g/mol. The first-order valence-corrected chi connectivity index (χ1v) is 6.60. The van der Waals surface area contributed by atoms with Gasteiger partial charge in [-0.2, -0.15) is 0 Å². The van der Waals surface area contributed by atoms with Crippen LogP contribution in [-0.2, 0) is 12.1 Å². The second-order valence-electron chi connectivity index (χ2n) is 4.92. The minimum Gasteiger partial charge on any atom is -0.481 e. The van der Waals surface area contributed by atoms with E-state index in [2.05, 4.69) is 10.3 Å². The minimum atomic E-state index is -0.906. The molecule has 1 aromatic carbocycles. The van der Waals surface area contributed by atoms with E-state index in [-0.39, 0.29) is 0 Å². The molecule has 4 heteroatoms. The third kappa shape index (κ3) is 3.56. The molecule has 2 aromatic rings. The molecule has 0 aliphatic carbocycles. The number of ether oxygens (including phenoxy) is 1. The summed E-state index contributed by atoms with van der Waals surface area (Å²) in [5, 5.41) is 13.7. The molecule has 1 heterocycles. The Bertz CT molecular complexity index is 541. The number of rotatable bonds is 6. The van der Waals surface area contributed by atoms with Crippen LogP contribution < -0.4 is 10.1 Å². The minimum absolute atomic E-state index is 0.453. The summed E-state index contributed by atoms with van der Waals surface area (Å²) in [6.45, 7) is 2.85. The van der Waals surface area contributed by atoms with Crippen LogP contribution in [-0.4, -0.2) is 23.7 Å². The Morgan fingerprint density at radius 3 is 2.65 bits per heavy atom. The maximum Gasteiger partial charge on any atom is 0.217 e. The highest BCUT2D eigenvalue weighted by Crippen LogP contribution is 2.19. The monoisotopic (exact) mass is 272 g/mol. The average Bonchev–Trinajstić information content (AvgIpc) is 2.48. The van der Waals surface area contributed by atoms with E-state index in [0.29, 0.717) is 19.0 Å². The van der Waals surface area contributed by atoms with Gasteiger partial charge in [0.05, 0.1) is 12.7 Å². The number of hydrogen-bond donors (Lipinski definition) is 2. The maximum atomic E-state index is 10.5. The van der Waals surface area contributed by atoms with E-state index < -0.39 is 5.60 Å². The largest absolute Gasteiger partial charge is 0.481 e. The number of nitrogens with one attached hydrogen (secondary N) is 1. The number of hydrogen-bond acceptors (Lipinski definition) is 4. The van der Waals surface area contributed by atoms with E-state index in [1.165, 1.54) is 0 Å². The smallest absolute Gasteiger partial charge is 0.217 e. The van der Waals surface area contributed by atoms with Crippen molar-refractivity contribution >= 4 is 0 Å². The number of aliphatic hydroxyl groups is 1. The van der Waals surface area contributed by atoms with Gasteiger partial charge in [-0.15, -0.1) is 0 Å². The van der Waals surface area contributed by atoms with E-state index in [0.717, 1.165) is 11.1 Å². The third-order valence-electron chi connectivity index (χ3n) is 3.22. The predicted octanol–water partition coefficient (Wildman–Crippen LogP) is 2.09. The van der Waals surface area contributed by atoms with Gasteiger partial charge in [0, 0.05) is 24.8 Å². The summed E-state index contributed by atoms with van der Waals surface area (Å²) in [6, 6.07) is 13.5. The second kappa shape index (κ2) is 6.50. The molecule has 0 saturated heterocycles. The Kier molecular flexibility index (Phi) is 4.71. The first-order valence-electron chi connectivity index (χ1n) is 6.60. The summed E-state index contributed by atoms with van der Waals surface area (Å²) in [5.74, 6) is 0.611. The Morgan fingerprint density at radius 1 is 1.20 bits per heavy atom. The lowest BCUT2D eigenvalue weighted by Crippen LogP contribution is -2.35. The molecule has 0 amide bonds. The predicted molar refractivity (Wildman–Crippen MR) is 78.5 cm³/mol. The number of pyridine rings is 1. The lowest BCUT2D eigenvalue weighted by molar-refractivity contribution is 0.0566. The molecule has 0 aliphatic heterocycles. The Morgan fingerprint density at radius 2 is 1.95 bits per heavy atom. The van der Waals surface area contributed by atoms with Crippen LogP contribution in [0.25, 0.3) is 0 Å². The van der Waals surface area contributed by atoms with Gasteiger partial charge in [0.1, 0.15) is 0 Å². The van der Waals surface area contributed by atoms with Crippen LogP contribution in [0.15, 0.2) is 48.7 Å². The molecule has 0 saturated carbocycles. The fourth-order valence-electron chi connectivity index (χ4n) is 2.08. The summed E-state index contributed by atoms with van der Waals surface area (Å²) in [5.41, 5.74) is 0.959. The SMILES string of the molecule is COc1ncccc1CNCC(C)(O)c1ccccc1. The Labute approximate surface area is 119 Å². The number of nitrogens with zero attached hydrogens (tertiary/aromatic N) is 1. The second-order valence-corrected chi connectivity index (χ2v) is 4.92. The molecule has 0 bridgehead atoms. The zero-order chi connectivity index (χ0) is 14.4. The topological polar surface area (TPSA) is 54.4 Å². The van der Waals surface area contributed by atoms with Crippen molar-refractivity contribution in [3.63, 3.8) is 0 Å². The zero-order valence-corrected chi connectivity index (χ0v) is 11.8. The molecule has 0 aliphatic rings.